The molecule has 0 aromatic heterocycles. The van der Waals surface area contributed by atoms with Gasteiger partial charge in [0.2, 0.25) is 5.91 Å². The lowest BCUT2D eigenvalue weighted by molar-refractivity contribution is -0.137. The summed E-state index contributed by atoms with van der Waals surface area (Å²) in [6, 6.07) is 6.21. The Hall–Kier alpha value is -1.80. The molecule has 0 spiro atoms. The van der Waals surface area contributed by atoms with Gasteiger partial charge in [0.15, 0.2) is 0 Å². The van der Waals surface area contributed by atoms with Crippen molar-refractivity contribution in [3.8, 4) is 0 Å². The van der Waals surface area contributed by atoms with Crippen LogP contribution in [0.1, 0.15) is 31.2 Å². The Morgan fingerprint density at radius 1 is 0.933 bits per heavy atom. The van der Waals surface area contributed by atoms with E-state index in [0.29, 0.717) is 44.5 Å². The number of hydrogen-bond donors (Lipinski definition) is 0. The van der Waals surface area contributed by atoms with Crippen LogP contribution in [0.4, 0.5) is 18.9 Å². The zero-order valence-corrected chi connectivity index (χ0v) is 17.4. The molecule has 1 aliphatic carbocycles. The molecule has 4 rings (SSSR count). The Morgan fingerprint density at radius 2 is 1.60 bits per heavy atom. The average molecular weight is 425 g/mol. The Kier molecular flexibility index (Phi) is 6.53. The molecule has 30 heavy (non-hydrogen) atoms. The zero-order valence-electron chi connectivity index (χ0n) is 17.4. The summed E-state index contributed by atoms with van der Waals surface area (Å²) in [5.74, 6) is 0.175. The Bertz CT molecular complexity index is 719. The number of carbonyl (C=O) groups is 1. The van der Waals surface area contributed by atoms with E-state index in [1.165, 1.54) is 37.8 Å². The number of benzene rings is 1. The van der Waals surface area contributed by atoms with E-state index in [9.17, 15) is 18.0 Å². The summed E-state index contributed by atoms with van der Waals surface area (Å²) < 4.78 is 38.9. The van der Waals surface area contributed by atoms with Gasteiger partial charge in [0.25, 0.3) is 0 Å². The normalized spacial score (nSPS) is 22.6. The maximum atomic E-state index is 13.0. The van der Waals surface area contributed by atoms with Gasteiger partial charge in [0, 0.05) is 64.1 Å². The minimum absolute atomic E-state index is 0.175. The van der Waals surface area contributed by atoms with E-state index in [0.717, 1.165) is 32.2 Å². The van der Waals surface area contributed by atoms with E-state index in [1.807, 2.05) is 9.80 Å². The zero-order chi connectivity index (χ0) is 21.1. The summed E-state index contributed by atoms with van der Waals surface area (Å²) >= 11 is 0. The molecule has 1 aromatic carbocycles. The predicted molar refractivity (Wildman–Crippen MR) is 111 cm³/mol. The van der Waals surface area contributed by atoms with Crippen molar-refractivity contribution >= 4 is 11.6 Å². The third kappa shape index (κ3) is 5.09. The van der Waals surface area contributed by atoms with Gasteiger partial charge in [-0.25, -0.2) is 0 Å². The van der Waals surface area contributed by atoms with Gasteiger partial charge in [-0.05, 0) is 31.0 Å². The first-order valence-electron chi connectivity index (χ1n) is 11.1. The van der Waals surface area contributed by atoms with Crippen molar-refractivity contribution in [1.29, 1.82) is 0 Å². The van der Waals surface area contributed by atoms with Gasteiger partial charge in [-0.3, -0.25) is 14.6 Å². The second-order valence-corrected chi connectivity index (χ2v) is 8.67. The smallest absolute Gasteiger partial charge is 0.369 e. The lowest BCUT2D eigenvalue weighted by Crippen LogP contribution is -2.55. The summed E-state index contributed by atoms with van der Waals surface area (Å²) in [4.78, 5) is 21.3. The number of anilines is 1. The SMILES string of the molecule is O=C(CN1CCN(c2cccc(C(F)(F)F)c2)CC1)N1CCN(C2CCCC2)CC1. The molecule has 0 N–H and O–H groups in total. The molecule has 0 bridgehead atoms. The molecule has 2 aliphatic heterocycles. The molecule has 166 valence electrons. The van der Waals surface area contributed by atoms with E-state index in [2.05, 4.69) is 9.80 Å². The van der Waals surface area contributed by atoms with E-state index < -0.39 is 11.7 Å². The first-order chi connectivity index (χ1) is 14.4. The van der Waals surface area contributed by atoms with Crippen LogP contribution >= 0.6 is 0 Å². The van der Waals surface area contributed by atoms with Crippen molar-refractivity contribution in [3.63, 3.8) is 0 Å². The van der Waals surface area contributed by atoms with Gasteiger partial charge in [0.05, 0.1) is 12.1 Å². The second kappa shape index (κ2) is 9.14. The van der Waals surface area contributed by atoms with Crippen LogP contribution in [0.15, 0.2) is 24.3 Å². The van der Waals surface area contributed by atoms with Gasteiger partial charge in [-0.2, -0.15) is 13.2 Å². The van der Waals surface area contributed by atoms with Gasteiger partial charge >= 0.3 is 6.18 Å². The molecule has 0 atom stereocenters. The highest BCUT2D eigenvalue weighted by Gasteiger charge is 2.32. The Labute approximate surface area is 176 Å². The molecule has 0 unspecified atom stereocenters. The van der Waals surface area contributed by atoms with Crippen molar-refractivity contribution < 1.29 is 18.0 Å². The fourth-order valence-electron chi connectivity index (χ4n) is 4.94. The number of halogens is 3. The molecular formula is C22H31F3N4O. The highest BCUT2D eigenvalue weighted by atomic mass is 19.4. The van der Waals surface area contributed by atoms with Crippen molar-refractivity contribution in [2.45, 2.75) is 37.9 Å². The molecule has 0 radical (unpaired) electrons. The van der Waals surface area contributed by atoms with Crippen molar-refractivity contribution in [2.75, 3.05) is 63.8 Å². The van der Waals surface area contributed by atoms with Crippen LogP contribution in [-0.4, -0.2) is 85.6 Å². The largest absolute Gasteiger partial charge is 0.416 e. The Morgan fingerprint density at radius 3 is 2.23 bits per heavy atom. The fourth-order valence-corrected chi connectivity index (χ4v) is 4.94. The number of amides is 1. The summed E-state index contributed by atoms with van der Waals surface area (Å²) in [6.45, 7) is 6.58. The first-order valence-corrected chi connectivity index (χ1v) is 11.1. The van der Waals surface area contributed by atoms with E-state index in [-0.39, 0.29) is 5.91 Å². The van der Waals surface area contributed by atoms with Crippen LogP contribution in [0.3, 0.4) is 0 Å². The molecule has 1 aromatic rings. The maximum absolute atomic E-state index is 13.0. The molecule has 3 fully saturated rings. The number of hydrogen-bond acceptors (Lipinski definition) is 4. The number of nitrogens with zero attached hydrogens (tertiary/aromatic N) is 4. The topological polar surface area (TPSA) is 30.0 Å². The van der Waals surface area contributed by atoms with Crippen LogP contribution in [0.25, 0.3) is 0 Å². The van der Waals surface area contributed by atoms with Gasteiger partial charge in [-0.1, -0.05) is 18.9 Å². The molecule has 2 heterocycles. The first kappa shape index (κ1) is 21.4. The number of rotatable bonds is 4. The van der Waals surface area contributed by atoms with Crippen LogP contribution in [0.5, 0.6) is 0 Å². The van der Waals surface area contributed by atoms with Crippen LogP contribution < -0.4 is 4.90 Å². The third-order valence-corrected chi connectivity index (χ3v) is 6.78. The monoisotopic (exact) mass is 424 g/mol. The average Bonchev–Trinajstić information content (AvgIpc) is 3.29. The maximum Gasteiger partial charge on any atom is 0.416 e. The third-order valence-electron chi connectivity index (χ3n) is 6.78. The minimum Gasteiger partial charge on any atom is -0.369 e. The highest BCUT2D eigenvalue weighted by Crippen LogP contribution is 2.32. The predicted octanol–water partition coefficient (Wildman–Crippen LogP) is 2.91. The van der Waals surface area contributed by atoms with Crippen LogP contribution in [0, 0.1) is 0 Å². The molecule has 5 nitrogen and oxygen atoms in total. The fraction of sp³-hybridized carbons (Fsp3) is 0.682. The molecule has 3 aliphatic rings. The van der Waals surface area contributed by atoms with Crippen LogP contribution in [-0.2, 0) is 11.0 Å². The van der Waals surface area contributed by atoms with E-state index >= 15 is 0 Å². The minimum atomic E-state index is -4.33. The van der Waals surface area contributed by atoms with Crippen LogP contribution in [0.2, 0.25) is 0 Å². The van der Waals surface area contributed by atoms with Gasteiger partial charge in [-0.15, -0.1) is 0 Å². The van der Waals surface area contributed by atoms with E-state index in [4.69, 9.17) is 0 Å². The Balaban J connectivity index is 1.23. The highest BCUT2D eigenvalue weighted by molar-refractivity contribution is 5.78. The quantitative estimate of drug-likeness (QED) is 0.744. The number of alkyl halides is 3. The summed E-state index contributed by atoms with van der Waals surface area (Å²) in [7, 11) is 0. The van der Waals surface area contributed by atoms with Gasteiger partial charge < -0.3 is 9.80 Å². The van der Waals surface area contributed by atoms with Crippen molar-refractivity contribution in [1.82, 2.24) is 14.7 Å². The molecule has 8 heteroatoms. The summed E-state index contributed by atoms with van der Waals surface area (Å²) in [5, 5.41) is 0. The lowest BCUT2D eigenvalue weighted by atomic mass is 10.1. The van der Waals surface area contributed by atoms with Crippen molar-refractivity contribution in [2.24, 2.45) is 0 Å². The number of carbonyl (C=O) groups excluding carboxylic acids is 1. The molecular weight excluding hydrogens is 393 g/mol. The standard InChI is InChI=1S/C22H31F3N4O/c23-22(24,25)18-4-3-7-20(16-18)28-10-8-26(9-11-28)17-21(30)29-14-12-27(13-15-29)19-5-1-2-6-19/h3-4,7,16,19H,1-2,5-6,8-15,17H2. The molecule has 1 saturated carbocycles. The van der Waals surface area contributed by atoms with E-state index in [1.54, 1.807) is 6.07 Å². The second-order valence-electron chi connectivity index (χ2n) is 8.67. The lowest BCUT2D eigenvalue weighted by Gasteiger charge is -2.40. The van der Waals surface area contributed by atoms with Gasteiger partial charge in [0.1, 0.15) is 0 Å². The molecule has 2 saturated heterocycles. The summed E-state index contributed by atoms with van der Waals surface area (Å²) in [6.07, 6.45) is 0.923. The number of piperazine rings is 2. The molecule has 1 amide bonds. The van der Waals surface area contributed by atoms with Crippen molar-refractivity contribution in [3.05, 3.63) is 29.8 Å². The summed E-state index contributed by atoms with van der Waals surface area (Å²) in [5.41, 5.74) is -0.0202.